The molecule has 0 aliphatic carbocycles. The van der Waals surface area contributed by atoms with E-state index in [0.717, 1.165) is 29.6 Å². The molecule has 1 aromatic carbocycles. The number of carbonyl (C=O) groups excluding carboxylic acids is 1. The van der Waals surface area contributed by atoms with Crippen LogP contribution in [0.3, 0.4) is 0 Å². The highest BCUT2D eigenvalue weighted by Crippen LogP contribution is 2.26. The van der Waals surface area contributed by atoms with E-state index in [1.54, 1.807) is 19.3 Å². The van der Waals surface area contributed by atoms with E-state index in [1.165, 1.54) is 11.0 Å². The molecule has 3 aromatic rings. The first-order valence-electron chi connectivity index (χ1n) is 9.35. The number of fused-ring (bicyclic) bond motifs is 1. The van der Waals surface area contributed by atoms with E-state index in [-0.39, 0.29) is 12.6 Å². The van der Waals surface area contributed by atoms with Crippen LogP contribution < -0.4 is 21.1 Å². The van der Waals surface area contributed by atoms with E-state index >= 15 is 0 Å². The number of nitrogens with zero attached hydrogens (tertiary/aromatic N) is 4. The number of anilines is 2. The van der Waals surface area contributed by atoms with Gasteiger partial charge in [0.2, 0.25) is 5.91 Å². The van der Waals surface area contributed by atoms with Crippen LogP contribution >= 0.6 is 0 Å². The third-order valence-electron chi connectivity index (χ3n) is 4.03. The minimum Gasteiger partial charge on any atom is -0.493 e. The van der Waals surface area contributed by atoms with Crippen molar-refractivity contribution in [1.82, 2.24) is 25.1 Å². The minimum atomic E-state index is -0.460. The highest BCUT2D eigenvalue weighted by molar-refractivity contribution is 5.91. The Kier molecular flexibility index (Phi) is 6.93. The molecule has 10 heteroatoms. The molecule has 2 heterocycles. The summed E-state index contributed by atoms with van der Waals surface area (Å²) < 4.78 is 7.23. The Morgan fingerprint density at radius 3 is 3.03 bits per heavy atom. The van der Waals surface area contributed by atoms with Crippen LogP contribution in [-0.2, 0) is 11.3 Å². The number of hydrogen-bond acceptors (Lipinski definition) is 8. The fraction of sp³-hybridized carbons (Fsp3) is 0.368. The van der Waals surface area contributed by atoms with Gasteiger partial charge in [0.05, 0.1) is 30.1 Å². The maximum absolute atomic E-state index is 11.0. The first-order valence-corrected chi connectivity index (χ1v) is 9.35. The normalized spacial score (nSPS) is 12.1. The second-order valence-electron chi connectivity index (χ2n) is 6.67. The van der Waals surface area contributed by atoms with Crippen LogP contribution in [0.2, 0.25) is 0 Å². The zero-order valence-electron chi connectivity index (χ0n) is 16.2. The first-order chi connectivity index (χ1) is 14.0. The molecule has 2 aromatic heterocycles. The van der Waals surface area contributed by atoms with Crippen LogP contribution in [0.1, 0.15) is 13.3 Å². The SMILES string of the molecule is C[C@@H](O)CNCCCOc1ccc2c(Nc3cnn(CC(N)=O)c3)ncnc2c1. The molecule has 0 radical (unpaired) electrons. The summed E-state index contributed by atoms with van der Waals surface area (Å²) in [6.45, 7) is 3.67. The van der Waals surface area contributed by atoms with Gasteiger partial charge >= 0.3 is 0 Å². The zero-order chi connectivity index (χ0) is 20.6. The van der Waals surface area contributed by atoms with Crippen molar-refractivity contribution >= 4 is 28.3 Å². The first kappa shape index (κ1) is 20.5. The molecule has 0 fully saturated rings. The summed E-state index contributed by atoms with van der Waals surface area (Å²) >= 11 is 0. The molecule has 1 atom stereocenters. The van der Waals surface area contributed by atoms with Crippen molar-refractivity contribution in [3.63, 3.8) is 0 Å². The number of hydrogen-bond donors (Lipinski definition) is 4. The van der Waals surface area contributed by atoms with Gasteiger partial charge < -0.3 is 26.2 Å². The van der Waals surface area contributed by atoms with Gasteiger partial charge in [0.15, 0.2) is 0 Å². The van der Waals surface area contributed by atoms with Crippen LogP contribution in [-0.4, -0.2) is 56.6 Å². The topological polar surface area (TPSA) is 140 Å². The number of amides is 1. The minimum absolute atomic E-state index is 0.0153. The lowest BCUT2D eigenvalue weighted by Gasteiger charge is -2.10. The van der Waals surface area contributed by atoms with E-state index in [9.17, 15) is 9.90 Å². The fourth-order valence-electron chi connectivity index (χ4n) is 2.74. The molecule has 10 nitrogen and oxygen atoms in total. The van der Waals surface area contributed by atoms with Crippen molar-refractivity contribution in [2.45, 2.75) is 26.0 Å². The highest BCUT2D eigenvalue weighted by Gasteiger charge is 2.08. The predicted octanol–water partition coefficient (Wildman–Crippen LogP) is 0.795. The lowest BCUT2D eigenvalue weighted by atomic mass is 10.2. The molecule has 0 bridgehead atoms. The Morgan fingerprint density at radius 2 is 2.24 bits per heavy atom. The molecule has 0 saturated carbocycles. The molecular formula is C19H25N7O3. The number of aromatic nitrogens is 4. The standard InChI is InChI=1S/C19H25N7O3/c1-13(27)8-21-5-2-6-29-15-3-4-16-17(7-15)22-12-23-19(16)25-14-9-24-26(10-14)11-18(20)28/h3-4,7,9-10,12-13,21,27H,2,5-6,8,11H2,1H3,(H2,20,28)(H,22,23,25)/t13-/m1/s1. The van der Waals surface area contributed by atoms with Gasteiger partial charge in [-0.25, -0.2) is 9.97 Å². The van der Waals surface area contributed by atoms with Crippen molar-refractivity contribution in [2.75, 3.05) is 25.0 Å². The van der Waals surface area contributed by atoms with E-state index in [1.807, 2.05) is 18.2 Å². The summed E-state index contributed by atoms with van der Waals surface area (Å²) in [5.74, 6) is 0.896. The highest BCUT2D eigenvalue weighted by atomic mass is 16.5. The van der Waals surface area contributed by atoms with Crippen LogP contribution in [0.4, 0.5) is 11.5 Å². The summed E-state index contributed by atoms with van der Waals surface area (Å²) in [7, 11) is 0. The summed E-state index contributed by atoms with van der Waals surface area (Å²) in [6.07, 6.45) is 5.23. The Hall–Kier alpha value is -3.24. The van der Waals surface area contributed by atoms with Gasteiger partial charge in [0, 0.05) is 24.2 Å². The number of aliphatic hydroxyl groups excluding tert-OH is 1. The number of primary amides is 1. The lowest BCUT2D eigenvalue weighted by Crippen LogP contribution is -2.26. The zero-order valence-corrected chi connectivity index (χ0v) is 16.2. The van der Waals surface area contributed by atoms with Gasteiger partial charge in [-0.1, -0.05) is 0 Å². The van der Waals surface area contributed by atoms with Crippen molar-refractivity contribution < 1.29 is 14.6 Å². The molecule has 0 spiro atoms. The van der Waals surface area contributed by atoms with Crippen LogP contribution in [0, 0.1) is 0 Å². The average Bonchev–Trinajstić information content (AvgIpc) is 3.10. The molecule has 154 valence electrons. The molecule has 0 aliphatic heterocycles. The van der Waals surface area contributed by atoms with E-state index in [2.05, 4.69) is 25.7 Å². The van der Waals surface area contributed by atoms with Crippen LogP contribution in [0.15, 0.2) is 36.9 Å². The summed E-state index contributed by atoms with van der Waals surface area (Å²) in [4.78, 5) is 19.6. The van der Waals surface area contributed by atoms with E-state index in [4.69, 9.17) is 10.5 Å². The number of nitrogens with two attached hydrogens (primary N) is 1. The van der Waals surface area contributed by atoms with Gasteiger partial charge in [-0.2, -0.15) is 5.10 Å². The van der Waals surface area contributed by atoms with Gasteiger partial charge in [0.1, 0.15) is 24.4 Å². The number of aliphatic hydroxyl groups is 1. The van der Waals surface area contributed by atoms with Crippen molar-refractivity contribution in [1.29, 1.82) is 0 Å². The summed E-state index contributed by atoms with van der Waals surface area (Å²) in [5, 5.41) is 20.5. The maximum Gasteiger partial charge on any atom is 0.239 e. The Bertz CT molecular complexity index is 958. The smallest absolute Gasteiger partial charge is 0.239 e. The van der Waals surface area contributed by atoms with Crippen LogP contribution in [0.5, 0.6) is 5.75 Å². The van der Waals surface area contributed by atoms with Gasteiger partial charge in [-0.15, -0.1) is 0 Å². The third kappa shape index (κ3) is 6.13. The van der Waals surface area contributed by atoms with Crippen LogP contribution in [0.25, 0.3) is 10.9 Å². The quantitative estimate of drug-likeness (QED) is 0.347. The van der Waals surface area contributed by atoms with Gasteiger partial charge in [-0.3, -0.25) is 9.48 Å². The van der Waals surface area contributed by atoms with Gasteiger partial charge in [0.25, 0.3) is 0 Å². The van der Waals surface area contributed by atoms with Gasteiger partial charge in [-0.05, 0) is 32.0 Å². The summed E-state index contributed by atoms with van der Waals surface area (Å²) in [5.41, 5.74) is 6.62. The molecule has 0 saturated heterocycles. The second-order valence-corrected chi connectivity index (χ2v) is 6.67. The second kappa shape index (κ2) is 9.80. The Labute approximate surface area is 168 Å². The Balaban J connectivity index is 1.61. The molecule has 5 N–H and O–H groups in total. The van der Waals surface area contributed by atoms with E-state index < -0.39 is 5.91 Å². The molecule has 0 aliphatic rings. The number of rotatable bonds is 11. The third-order valence-corrected chi connectivity index (χ3v) is 4.03. The molecular weight excluding hydrogens is 374 g/mol. The average molecular weight is 399 g/mol. The molecule has 1 amide bonds. The van der Waals surface area contributed by atoms with Crippen molar-refractivity contribution in [3.8, 4) is 5.75 Å². The lowest BCUT2D eigenvalue weighted by molar-refractivity contribution is -0.118. The van der Waals surface area contributed by atoms with Crippen molar-refractivity contribution in [3.05, 3.63) is 36.9 Å². The number of carbonyl (C=O) groups is 1. The fourth-order valence-corrected chi connectivity index (χ4v) is 2.74. The number of nitrogens with one attached hydrogen (secondary N) is 2. The number of benzene rings is 1. The monoisotopic (exact) mass is 399 g/mol. The number of ether oxygens (including phenoxy) is 1. The predicted molar refractivity (Wildman–Crippen MR) is 109 cm³/mol. The summed E-state index contributed by atoms with van der Waals surface area (Å²) in [6, 6.07) is 5.63. The largest absolute Gasteiger partial charge is 0.493 e. The van der Waals surface area contributed by atoms with Crippen molar-refractivity contribution in [2.24, 2.45) is 5.73 Å². The molecule has 0 unspecified atom stereocenters. The Morgan fingerprint density at radius 1 is 1.38 bits per heavy atom. The molecule has 3 rings (SSSR count). The molecule has 29 heavy (non-hydrogen) atoms. The maximum atomic E-state index is 11.0. The van der Waals surface area contributed by atoms with E-state index in [0.29, 0.717) is 24.7 Å².